The summed E-state index contributed by atoms with van der Waals surface area (Å²) in [7, 11) is 0. The van der Waals surface area contributed by atoms with E-state index < -0.39 is 17.8 Å². The van der Waals surface area contributed by atoms with Crippen LogP contribution in [0.15, 0.2) is 24.3 Å². The summed E-state index contributed by atoms with van der Waals surface area (Å²) < 4.78 is 37.2. The molecule has 0 aliphatic heterocycles. The van der Waals surface area contributed by atoms with Crippen molar-refractivity contribution in [3.63, 3.8) is 0 Å². The molecule has 0 fully saturated rings. The van der Waals surface area contributed by atoms with E-state index in [4.69, 9.17) is 5.73 Å². The average molecular weight is 275 g/mol. The van der Waals surface area contributed by atoms with E-state index in [1.807, 2.05) is 20.8 Å². The van der Waals surface area contributed by atoms with Gasteiger partial charge in [-0.2, -0.15) is 13.2 Å². The van der Waals surface area contributed by atoms with Crippen molar-refractivity contribution in [2.75, 3.05) is 0 Å². The Morgan fingerprint density at radius 2 is 1.58 bits per heavy atom. The Hall–Kier alpha value is -1.07. The lowest BCUT2D eigenvalue weighted by Crippen LogP contribution is -2.36. The second-order valence-electron chi connectivity index (χ2n) is 5.84. The lowest BCUT2D eigenvalue weighted by atomic mass is 9.83. The van der Waals surface area contributed by atoms with Gasteiger partial charge in [-0.3, -0.25) is 0 Å². The fraction of sp³-hybridized carbons (Fsp3) is 0.571. The van der Waals surface area contributed by atoms with Crippen LogP contribution in [0.3, 0.4) is 0 Å². The molecule has 0 saturated carbocycles. The fourth-order valence-corrected chi connectivity index (χ4v) is 1.62. The van der Waals surface area contributed by atoms with Crippen LogP contribution >= 0.6 is 0 Å². The van der Waals surface area contributed by atoms with E-state index >= 15 is 0 Å². The van der Waals surface area contributed by atoms with E-state index in [0.29, 0.717) is 12.0 Å². The molecule has 0 spiro atoms. The van der Waals surface area contributed by atoms with Gasteiger partial charge in [0.25, 0.3) is 0 Å². The molecule has 2 atom stereocenters. The molecule has 0 bridgehead atoms. The van der Waals surface area contributed by atoms with Crippen molar-refractivity contribution < 1.29 is 18.3 Å². The molecule has 0 radical (unpaired) electrons. The Morgan fingerprint density at radius 1 is 1.11 bits per heavy atom. The standard InChI is InChI=1S/C14H20F3NO/c1-13(2,3)12(18)8-11(19)9-4-6-10(7-5-9)14(15,16)17/h4-7,11-12,19H,8,18H2,1-3H3/t11-,12-/m1/s1. The van der Waals surface area contributed by atoms with Crippen molar-refractivity contribution in [1.29, 1.82) is 0 Å². The van der Waals surface area contributed by atoms with Gasteiger partial charge < -0.3 is 10.8 Å². The Morgan fingerprint density at radius 3 is 1.95 bits per heavy atom. The van der Waals surface area contributed by atoms with E-state index in [2.05, 4.69) is 0 Å². The molecular formula is C14H20F3NO. The average Bonchev–Trinajstić information content (AvgIpc) is 2.26. The van der Waals surface area contributed by atoms with Gasteiger partial charge in [-0.05, 0) is 29.5 Å². The zero-order valence-electron chi connectivity index (χ0n) is 11.3. The second-order valence-corrected chi connectivity index (χ2v) is 5.84. The van der Waals surface area contributed by atoms with Crippen molar-refractivity contribution in [3.8, 4) is 0 Å². The molecule has 5 heteroatoms. The van der Waals surface area contributed by atoms with Crippen LogP contribution < -0.4 is 5.73 Å². The van der Waals surface area contributed by atoms with Crippen LogP contribution in [0.5, 0.6) is 0 Å². The lowest BCUT2D eigenvalue weighted by molar-refractivity contribution is -0.137. The number of nitrogens with two attached hydrogens (primary N) is 1. The van der Waals surface area contributed by atoms with Crippen molar-refractivity contribution in [1.82, 2.24) is 0 Å². The number of rotatable bonds is 3. The zero-order valence-corrected chi connectivity index (χ0v) is 11.3. The number of halogens is 3. The van der Waals surface area contributed by atoms with E-state index in [1.54, 1.807) is 0 Å². The van der Waals surface area contributed by atoms with Crippen molar-refractivity contribution in [2.24, 2.45) is 11.1 Å². The maximum atomic E-state index is 12.4. The minimum atomic E-state index is -4.36. The second kappa shape index (κ2) is 5.51. The van der Waals surface area contributed by atoms with Crippen LogP contribution in [0.4, 0.5) is 13.2 Å². The summed E-state index contributed by atoms with van der Waals surface area (Å²) in [6.07, 6.45) is -4.89. The molecule has 0 amide bonds. The molecule has 1 rings (SSSR count). The van der Waals surface area contributed by atoms with Gasteiger partial charge in [0.2, 0.25) is 0 Å². The van der Waals surface area contributed by atoms with E-state index in [-0.39, 0.29) is 11.5 Å². The minimum absolute atomic E-state index is 0.160. The molecule has 0 aliphatic carbocycles. The van der Waals surface area contributed by atoms with Crippen LogP contribution in [-0.2, 0) is 6.18 Å². The zero-order chi connectivity index (χ0) is 14.8. The maximum Gasteiger partial charge on any atom is 0.416 e. The van der Waals surface area contributed by atoms with Gasteiger partial charge >= 0.3 is 6.18 Å². The van der Waals surface area contributed by atoms with E-state index in [9.17, 15) is 18.3 Å². The number of hydrogen-bond acceptors (Lipinski definition) is 2. The molecule has 3 N–H and O–H groups in total. The largest absolute Gasteiger partial charge is 0.416 e. The van der Waals surface area contributed by atoms with Crippen LogP contribution in [-0.4, -0.2) is 11.1 Å². The molecule has 0 aromatic heterocycles. The van der Waals surface area contributed by atoms with Gasteiger partial charge in [-0.25, -0.2) is 0 Å². The summed E-state index contributed by atoms with van der Waals surface area (Å²) in [5.74, 6) is 0. The normalized spacial score (nSPS) is 16.2. The molecule has 1 aromatic rings. The third-order valence-corrected chi connectivity index (χ3v) is 3.21. The van der Waals surface area contributed by atoms with Crippen LogP contribution in [0.25, 0.3) is 0 Å². The first kappa shape index (κ1) is 16.0. The van der Waals surface area contributed by atoms with E-state index in [0.717, 1.165) is 12.1 Å². The number of benzene rings is 1. The topological polar surface area (TPSA) is 46.2 Å². The Kier molecular flexibility index (Phi) is 4.63. The highest BCUT2D eigenvalue weighted by Crippen LogP contribution is 2.31. The summed E-state index contributed by atoms with van der Waals surface area (Å²) in [5.41, 5.74) is 5.52. The van der Waals surface area contributed by atoms with Gasteiger partial charge in [0, 0.05) is 6.04 Å². The smallest absolute Gasteiger partial charge is 0.388 e. The third kappa shape index (κ3) is 4.51. The number of aliphatic hydroxyl groups is 1. The summed E-state index contributed by atoms with van der Waals surface area (Å²) in [4.78, 5) is 0. The Balaban J connectivity index is 2.76. The minimum Gasteiger partial charge on any atom is -0.388 e. The molecule has 0 aliphatic rings. The Bertz CT molecular complexity index is 406. The molecule has 2 nitrogen and oxygen atoms in total. The predicted octanol–water partition coefficient (Wildman–Crippen LogP) is 3.50. The number of aliphatic hydroxyl groups excluding tert-OH is 1. The monoisotopic (exact) mass is 275 g/mol. The molecule has 19 heavy (non-hydrogen) atoms. The number of alkyl halides is 3. The molecule has 0 saturated heterocycles. The maximum absolute atomic E-state index is 12.4. The van der Waals surface area contributed by atoms with E-state index in [1.165, 1.54) is 12.1 Å². The Labute approximate surface area is 111 Å². The highest BCUT2D eigenvalue weighted by molar-refractivity contribution is 5.26. The molecular weight excluding hydrogens is 255 g/mol. The van der Waals surface area contributed by atoms with Crippen LogP contribution in [0.2, 0.25) is 0 Å². The first-order chi connectivity index (χ1) is 8.51. The highest BCUT2D eigenvalue weighted by Gasteiger charge is 2.30. The van der Waals surface area contributed by atoms with Gasteiger partial charge in [0.1, 0.15) is 0 Å². The molecule has 0 heterocycles. The van der Waals surface area contributed by atoms with Gasteiger partial charge in [0.05, 0.1) is 11.7 Å². The predicted molar refractivity (Wildman–Crippen MR) is 68.5 cm³/mol. The molecule has 108 valence electrons. The third-order valence-electron chi connectivity index (χ3n) is 3.21. The first-order valence-electron chi connectivity index (χ1n) is 6.12. The van der Waals surface area contributed by atoms with Gasteiger partial charge in [-0.15, -0.1) is 0 Å². The van der Waals surface area contributed by atoms with Crippen molar-refractivity contribution in [3.05, 3.63) is 35.4 Å². The summed E-state index contributed by atoms with van der Waals surface area (Å²) >= 11 is 0. The first-order valence-corrected chi connectivity index (χ1v) is 6.12. The summed E-state index contributed by atoms with van der Waals surface area (Å²) in [5, 5.41) is 9.99. The van der Waals surface area contributed by atoms with Gasteiger partial charge in [-0.1, -0.05) is 32.9 Å². The quantitative estimate of drug-likeness (QED) is 0.886. The fourth-order valence-electron chi connectivity index (χ4n) is 1.62. The van der Waals surface area contributed by atoms with Crippen molar-refractivity contribution >= 4 is 0 Å². The lowest BCUT2D eigenvalue weighted by Gasteiger charge is -2.29. The number of hydrogen-bond donors (Lipinski definition) is 2. The molecule has 0 unspecified atom stereocenters. The van der Waals surface area contributed by atoms with Crippen LogP contribution in [0, 0.1) is 5.41 Å². The SMILES string of the molecule is CC(C)(C)[C@H](N)C[C@@H](O)c1ccc(C(F)(F)F)cc1. The molecule has 1 aromatic carbocycles. The van der Waals surface area contributed by atoms with Crippen molar-refractivity contribution in [2.45, 2.75) is 45.5 Å². The van der Waals surface area contributed by atoms with Gasteiger partial charge in [0.15, 0.2) is 0 Å². The summed E-state index contributed by atoms with van der Waals surface area (Å²) in [6, 6.07) is 4.30. The highest BCUT2D eigenvalue weighted by atomic mass is 19.4. The summed E-state index contributed by atoms with van der Waals surface area (Å²) in [6.45, 7) is 5.87. The van der Waals surface area contributed by atoms with Crippen LogP contribution in [0.1, 0.15) is 44.4 Å².